The van der Waals surface area contributed by atoms with E-state index in [2.05, 4.69) is 5.32 Å². The lowest BCUT2D eigenvalue weighted by atomic mass is 9.95. The number of amides is 1. The molecule has 17 heavy (non-hydrogen) atoms. The third-order valence-electron chi connectivity index (χ3n) is 3.04. The molecule has 1 aliphatic heterocycles. The minimum atomic E-state index is -1.42. The van der Waals surface area contributed by atoms with Gasteiger partial charge in [-0.1, -0.05) is 53.5 Å². The van der Waals surface area contributed by atoms with E-state index < -0.39 is 4.33 Å². The van der Waals surface area contributed by atoms with Crippen molar-refractivity contribution in [2.45, 2.75) is 16.8 Å². The number of alkyl halides is 3. The zero-order valence-corrected chi connectivity index (χ0v) is 11.3. The smallest absolute Gasteiger partial charge is 0.257 e. The average Bonchev–Trinajstić information content (AvgIpc) is 2.50. The molecule has 0 aromatic heterocycles. The molecule has 1 saturated heterocycles. The predicted molar refractivity (Wildman–Crippen MR) is 70.7 cm³/mol. The third kappa shape index (κ3) is 2.54. The fraction of sp³-hybridized carbons (Fsp3) is 0.417. The van der Waals surface area contributed by atoms with Crippen molar-refractivity contribution in [2.24, 2.45) is 5.92 Å². The van der Waals surface area contributed by atoms with E-state index >= 15 is 0 Å². The first kappa shape index (κ1) is 13.0. The lowest BCUT2D eigenvalue weighted by molar-refractivity contribution is -0.120. The Hall–Kier alpha value is -0.440. The molecule has 0 spiro atoms. The van der Waals surface area contributed by atoms with E-state index in [-0.39, 0.29) is 23.7 Å². The van der Waals surface area contributed by atoms with Crippen molar-refractivity contribution in [1.82, 2.24) is 5.32 Å². The lowest BCUT2D eigenvalue weighted by Crippen LogP contribution is -2.33. The van der Waals surface area contributed by atoms with Crippen molar-refractivity contribution in [3.8, 4) is 0 Å². The normalized spacial score (nSPS) is 26.9. The number of hydrogen-bond acceptors (Lipinski definition) is 1. The Morgan fingerprint density at radius 2 is 1.88 bits per heavy atom. The fourth-order valence-electron chi connectivity index (χ4n) is 2.05. The van der Waals surface area contributed by atoms with Crippen LogP contribution in [0.5, 0.6) is 0 Å². The highest BCUT2D eigenvalue weighted by molar-refractivity contribution is 6.59. The zero-order valence-electron chi connectivity index (χ0n) is 9.00. The molecule has 2 nitrogen and oxygen atoms in total. The van der Waals surface area contributed by atoms with Crippen LogP contribution in [0, 0.1) is 5.92 Å². The van der Waals surface area contributed by atoms with Gasteiger partial charge < -0.3 is 5.32 Å². The fourth-order valence-corrected chi connectivity index (χ4v) is 3.22. The first-order valence-corrected chi connectivity index (χ1v) is 6.63. The number of hydrogen-bond donors (Lipinski definition) is 1. The van der Waals surface area contributed by atoms with Crippen LogP contribution in [-0.2, 0) is 11.2 Å². The van der Waals surface area contributed by atoms with E-state index in [0.29, 0.717) is 6.42 Å². The molecule has 1 heterocycles. The van der Waals surface area contributed by atoms with Crippen LogP contribution in [0.4, 0.5) is 0 Å². The summed E-state index contributed by atoms with van der Waals surface area (Å²) in [5.41, 5.74) is 1.12. The van der Waals surface area contributed by atoms with Crippen LogP contribution in [-0.4, -0.2) is 22.2 Å². The summed E-state index contributed by atoms with van der Waals surface area (Å²) < 4.78 is -1.42. The largest absolute Gasteiger partial charge is 0.350 e. The Morgan fingerprint density at radius 3 is 2.47 bits per heavy atom. The second kappa shape index (κ2) is 5.05. The molecule has 2 rings (SSSR count). The van der Waals surface area contributed by atoms with Crippen molar-refractivity contribution in [1.29, 1.82) is 0 Å². The van der Waals surface area contributed by atoms with Crippen LogP contribution in [0.1, 0.15) is 5.56 Å². The maximum atomic E-state index is 11.6. The van der Waals surface area contributed by atoms with Gasteiger partial charge in [-0.05, 0) is 12.0 Å². The molecular weight excluding hydrogens is 280 g/mol. The van der Waals surface area contributed by atoms with Crippen molar-refractivity contribution in [2.75, 3.05) is 5.88 Å². The first-order valence-electron chi connectivity index (χ1n) is 5.34. The summed E-state index contributed by atoms with van der Waals surface area (Å²) >= 11 is 17.9. The van der Waals surface area contributed by atoms with Gasteiger partial charge in [0.2, 0.25) is 4.33 Å². The van der Waals surface area contributed by atoms with Gasteiger partial charge in [0.15, 0.2) is 0 Å². The molecule has 92 valence electrons. The van der Waals surface area contributed by atoms with E-state index in [1.807, 2.05) is 30.3 Å². The van der Waals surface area contributed by atoms with Gasteiger partial charge in [0.05, 0.1) is 0 Å². The summed E-state index contributed by atoms with van der Waals surface area (Å²) in [4.78, 5) is 11.6. The van der Waals surface area contributed by atoms with Gasteiger partial charge in [0.25, 0.3) is 5.91 Å². The maximum Gasteiger partial charge on any atom is 0.257 e. The van der Waals surface area contributed by atoms with Crippen molar-refractivity contribution < 1.29 is 4.79 Å². The Kier molecular flexibility index (Phi) is 3.86. The van der Waals surface area contributed by atoms with Crippen LogP contribution in [0.2, 0.25) is 0 Å². The standard InChI is InChI=1S/C12H12Cl3NO/c13-7-9-10(16-11(17)12(9,14)15)6-8-4-2-1-3-5-8/h1-5,9-10H,6-7H2,(H,16,17). The van der Waals surface area contributed by atoms with Gasteiger partial charge in [-0.2, -0.15) is 0 Å². The highest BCUT2D eigenvalue weighted by Gasteiger charge is 2.52. The molecule has 1 aromatic rings. The van der Waals surface area contributed by atoms with Crippen LogP contribution < -0.4 is 5.32 Å². The molecule has 1 aromatic carbocycles. The number of carbonyl (C=O) groups excluding carboxylic acids is 1. The summed E-state index contributed by atoms with van der Waals surface area (Å²) in [5.74, 6) is -0.379. The third-order valence-corrected chi connectivity index (χ3v) is 4.27. The monoisotopic (exact) mass is 291 g/mol. The van der Waals surface area contributed by atoms with E-state index in [1.165, 1.54) is 0 Å². The summed E-state index contributed by atoms with van der Waals surface area (Å²) in [5, 5.41) is 2.81. The van der Waals surface area contributed by atoms with E-state index in [4.69, 9.17) is 34.8 Å². The predicted octanol–water partition coefficient (Wildman–Crippen LogP) is 2.76. The topological polar surface area (TPSA) is 29.1 Å². The molecular formula is C12H12Cl3NO. The van der Waals surface area contributed by atoms with Gasteiger partial charge >= 0.3 is 0 Å². The minimum absolute atomic E-state index is 0.114. The van der Waals surface area contributed by atoms with Crippen molar-refractivity contribution >= 4 is 40.7 Å². The molecule has 1 amide bonds. The number of benzene rings is 1. The Labute approximate surface area is 115 Å². The van der Waals surface area contributed by atoms with Crippen molar-refractivity contribution in [3.63, 3.8) is 0 Å². The van der Waals surface area contributed by atoms with Crippen molar-refractivity contribution in [3.05, 3.63) is 35.9 Å². The van der Waals surface area contributed by atoms with E-state index in [1.54, 1.807) is 0 Å². The zero-order chi connectivity index (χ0) is 12.5. The Bertz CT molecular complexity index is 407. The molecule has 1 fully saturated rings. The summed E-state index contributed by atoms with van der Waals surface area (Å²) in [6, 6.07) is 9.74. The van der Waals surface area contributed by atoms with E-state index in [9.17, 15) is 4.79 Å². The van der Waals surface area contributed by atoms with Crippen LogP contribution in [0.15, 0.2) is 30.3 Å². The quantitative estimate of drug-likeness (QED) is 0.853. The van der Waals surface area contributed by atoms with Gasteiger partial charge in [-0.15, -0.1) is 11.6 Å². The van der Waals surface area contributed by atoms with Gasteiger partial charge in [-0.25, -0.2) is 0 Å². The maximum absolute atomic E-state index is 11.6. The number of carbonyl (C=O) groups is 1. The number of rotatable bonds is 3. The molecule has 2 atom stereocenters. The van der Waals surface area contributed by atoms with Gasteiger partial charge in [0, 0.05) is 17.8 Å². The second-order valence-corrected chi connectivity index (χ2v) is 5.85. The average molecular weight is 293 g/mol. The molecule has 0 bridgehead atoms. The molecule has 2 unspecified atom stereocenters. The van der Waals surface area contributed by atoms with Crippen LogP contribution in [0.25, 0.3) is 0 Å². The Morgan fingerprint density at radius 1 is 1.24 bits per heavy atom. The summed E-state index contributed by atoms with van der Waals surface area (Å²) in [6.45, 7) is 0. The molecule has 1 aliphatic rings. The molecule has 0 radical (unpaired) electrons. The van der Waals surface area contributed by atoms with E-state index in [0.717, 1.165) is 5.56 Å². The van der Waals surface area contributed by atoms with Gasteiger partial charge in [0.1, 0.15) is 0 Å². The Balaban J connectivity index is 2.15. The first-order chi connectivity index (χ1) is 8.05. The van der Waals surface area contributed by atoms with Crippen LogP contribution >= 0.6 is 34.8 Å². The highest BCUT2D eigenvalue weighted by Crippen LogP contribution is 2.39. The lowest BCUT2D eigenvalue weighted by Gasteiger charge is -2.21. The summed E-state index contributed by atoms with van der Waals surface area (Å²) in [6.07, 6.45) is 0.686. The van der Waals surface area contributed by atoms with Gasteiger partial charge in [-0.3, -0.25) is 4.79 Å². The second-order valence-electron chi connectivity index (χ2n) is 4.15. The molecule has 0 saturated carbocycles. The van der Waals surface area contributed by atoms with Crippen LogP contribution in [0.3, 0.4) is 0 Å². The summed E-state index contributed by atoms with van der Waals surface area (Å²) in [7, 11) is 0. The molecule has 1 N–H and O–H groups in total. The molecule has 0 aliphatic carbocycles. The highest BCUT2D eigenvalue weighted by atomic mass is 35.5. The minimum Gasteiger partial charge on any atom is -0.350 e. The number of halogens is 3. The molecule has 5 heteroatoms. The number of nitrogens with one attached hydrogen (secondary N) is 1. The SMILES string of the molecule is O=C1NC(Cc2ccccc2)C(CCl)C1(Cl)Cl.